The molecule has 1 aliphatic heterocycles. The molecule has 8 heteroatoms. The number of halogens is 3. The summed E-state index contributed by atoms with van der Waals surface area (Å²) in [5, 5.41) is 0.250. The number of benzene rings is 3. The van der Waals surface area contributed by atoms with Crippen molar-refractivity contribution in [3.63, 3.8) is 0 Å². The lowest BCUT2D eigenvalue weighted by molar-refractivity contribution is -0.129. The third-order valence-corrected chi connectivity index (χ3v) is 4.94. The van der Waals surface area contributed by atoms with Crippen molar-refractivity contribution in [2.75, 3.05) is 6.61 Å². The molecule has 0 radical (unpaired) electrons. The number of nitrogens with zero attached hydrogens (tertiary/aromatic N) is 1. The molecule has 0 saturated heterocycles. The van der Waals surface area contributed by atoms with Gasteiger partial charge in [-0.3, -0.25) is 0 Å². The fraction of sp³-hybridized carbons (Fsp3) is 0.120. The van der Waals surface area contributed by atoms with Crippen LogP contribution in [0.3, 0.4) is 0 Å². The molecular weight excluding hydrogens is 452 g/mol. The zero-order chi connectivity index (χ0) is 23.4. The lowest BCUT2D eigenvalue weighted by atomic mass is 10.1. The molecule has 0 amide bonds. The van der Waals surface area contributed by atoms with Crippen LogP contribution in [-0.4, -0.2) is 18.5 Å². The summed E-state index contributed by atoms with van der Waals surface area (Å²) in [4.78, 5) is 16.4. The van der Waals surface area contributed by atoms with Gasteiger partial charge in [-0.1, -0.05) is 35.9 Å². The van der Waals surface area contributed by atoms with Crippen LogP contribution in [0.2, 0.25) is 5.02 Å². The second-order valence-electron chi connectivity index (χ2n) is 6.99. The maximum Gasteiger partial charge on any atom is 0.363 e. The summed E-state index contributed by atoms with van der Waals surface area (Å²) >= 11 is 6.43. The summed E-state index contributed by atoms with van der Waals surface area (Å²) in [6, 6.07) is 15.0. The number of esters is 1. The maximum absolute atomic E-state index is 14.0. The molecule has 0 atom stereocenters. The summed E-state index contributed by atoms with van der Waals surface area (Å²) in [7, 11) is 0. The Hall–Kier alpha value is -3.71. The Morgan fingerprint density at radius 3 is 2.55 bits per heavy atom. The Kier molecular flexibility index (Phi) is 6.70. The standard InChI is InChI=1S/C25H18ClF2NO4/c1-2-31-22-13-16(11-19(26)23(22)32-14-15-7-9-17(27)10-8-15)12-21-25(30)33-24(29-21)18-5-3-4-6-20(18)28/h3-13H,2,14H2,1H3/b21-12-. The molecule has 0 bridgehead atoms. The van der Waals surface area contributed by atoms with Gasteiger partial charge < -0.3 is 14.2 Å². The number of cyclic esters (lactones) is 1. The number of rotatable bonds is 7. The average molecular weight is 470 g/mol. The predicted octanol–water partition coefficient (Wildman–Crippen LogP) is 5.94. The Morgan fingerprint density at radius 1 is 1.06 bits per heavy atom. The SMILES string of the molecule is CCOc1cc(/C=C2\N=C(c3ccccc3F)OC2=O)cc(Cl)c1OCc1ccc(F)cc1. The van der Waals surface area contributed by atoms with Crippen LogP contribution in [0.1, 0.15) is 23.6 Å². The summed E-state index contributed by atoms with van der Waals surface area (Å²) < 4.78 is 43.7. The molecule has 0 aliphatic carbocycles. The molecule has 1 aliphatic rings. The molecule has 0 aromatic heterocycles. The van der Waals surface area contributed by atoms with Gasteiger partial charge in [-0.05, 0) is 60.5 Å². The second kappa shape index (κ2) is 9.83. The monoisotopic (exact) mass is 469 g/mol. The highest BCUT2D eigenvalue weighted by Crippen LogP contribution is 2.38. The minimum atomic E-state index is -0.709. The van der Waals surface area contributed by atoms with Crippen molar-refractivity contribution in [2.24, 2.45) is 4.99 Å². The Bertz CT molecular complexity index is 1260. The number of carbonyl (C=O) groups is 1. The summed E-state index contributed by atoms with van der Waals surface area (Å²) in [6.07, 6.45) is 1.47. The van der Waals surface area contributed by atoms with Crippen LogP contribution >= 0.6 is 11.6 Å². The first-order valence-corrected chi connectivity index (χ1v) is 10.4. The van der Waals surface area contributed by atoms with Crippen molar-refractivity contribution in [3.8, 4) is 11.5 Å². The number of hydrogen-bond acceptors (Lipinski definition) is 5. The van der Waals surface area contributed by atoms with Gasteiger partial charge in [0.15, 0.2) is 17.2 Å². The number of hydrogen-bond donors (Lipinski definition) is 0. The van der Waals surface area contributed by atoms with Gasteiger partial charge in [0.05, 0.1) is 17.2 Å². The molecule has 4 rings (SSSR count). The lowest BCUT2D eigenvalue weighted by Crippen LogP contribution is -2.07. The van der Waals surface area contributed by atoms with Gasteiger partial charge in [-0.25, -0.2) is 18.6 Å². The van der Waals surface area contributed by atoms with Gasteiger partial charge >= 0.3 is 5.97 Å². The molecule has 0 fully saturated rings. The van der Waals surface area contributed by atoms with Crippen LogP contribution in [0.15, 0.2) is 71.4 Å². The van der Waals surface area contributed by atoms with Gasteiger partial charge in [0, 0.05) is 0 Å². The van der Waals surface area contributed by atoms with Crippen LogP contribution in [0.25, 0.3) is 6.08 Å². The highest BCUT2D eigenvalue weighted by molar-refractivity contribution is 6.32. The Morgan fingerprint density at radius 2 is 1.82 bits per heavy atom. The van der Waals surface area contributed by atoms with E-state index in [1.165, 1.54) is 36.4 Å². The normalized spacial score (nSPS) is 14.2. The van der Waals surface area contributed by atoms with Gasteiger partial charge in [0.2, 0.25) is 5.90 Å². The topological polar surface area (TPSA) is 57.1 Å². The molecule has 0 spiro atoms. The van der Waals surface area contributed by atoms with Gasteiger partial charge in [-0.15, -0.1) is 0 Å². The van der Waals surface area contributed by atoms with Crippen LogP contribution in [-0.2, 0) is 16.1 Å². The first-order valence-electron chi connectivity index (χ1n) is 10.1. The molecule has 5 nitrogen and oxygen atoms in total. The summed E-state index contributed by atoms with van der Waals surface area (Å²) in [5.74, 6) is -1.03. The highest BCUT2D eigenvalue weighted by atomic mass is 35.5. The van der Waals surface area contributed by atoms with E-state index in [-0.39, 0.29) is 34.6 Å². The second-order valence-corrected chi connectivity index (χ2v) is 7.40. The zero-order valence-electron chi connectivity index (χ0n) is 17.5. The molecule has 33 heavy (non-hydrogen) atoms. The van der Waals surface area contributed by atoms with Crippen molar-refractivity contribution < 1.29 is 27.8 Å². The van der Waals surface area contributed by atoms with E-state index in [4.69, 9.17) is 25.8 Å². The van der Waals surface area contributed by atoms with Crippen molar-refractivity contribution in [1.82, 2.24) is 0 Å². The largest absolute Gasteiger partial charge is 0.490 e. The van der Waals surface area contributed by atoms with Gasteiger partial charge in [-0.2, -0.15) is 0 Å². The average Bonchev–Trinajstić information content (AvgIpc) is 3.15. The van der Waals surface area contributed by atoms with Crippen LogP contribution < -0.4 is 9.47 Å². The third-order valence-electron chi connectivity index (χ3n) is 4.66. The van der Waals surface area contributed by atoms with Crippen LogP contribution in [0.5, 0.6) is 11.5 Å². The van der Waals surface area contributed by atoms with E-state index in [1.54, 1.807) is 30.3 Å². The summed E-state index contributed by atoms with van der Waals surface area (Å²) in [6.45, 7) is 2.31. The van der Waals surface area contributed by atoms with Crippen molar-refractivity contribution in [2.45, 2.75) is 13.5 Å². The molecule has 3 aromatic carbocycles. The molecular formula is C25H18ClF2NO4. The van der Waals surface area contributed by atoms with Crippen molar-refractivity contribution in [1.29, 1.82) is 0 Å². The molecule has 0 saturated carbocycles. The number of ether oxygens (including phenoxy) is 3. The zero-order valence-corrected chi connectivity index (χ0v) is 18.2. The van der Waals surface area contributed by atoms with E-state index in [1.807, 2.05) is 6.92 Å². The van der Waals surface area contributed by atoms with E-state index in [0.717, 1.165) is 5.56 Å². The fourth-order valence-electron chi connectivity index (χ4n) is 3.13. The fourth-order valence-corrected chi connectivity index (χ4v) is 3.40. The minimum absolute atomic E-state index is 0.00764. The van der Waals surface area contributed by atoms with Crippen LogP contribution in [0.4, 0.5) is 8.78 Å². The molecule has 0 N–H and O–H groups in total. The summed E-state index contributed by atoms with van der Waals surface area (Å²) in [5.41, 5.74) is 1.35. The quantitative estimate of drug-likeness (QED) is 0.317. The predicted molar refractivity (Wildman–Crippen MR) is 120 cm³/mol. The first kappa shape index (κ1) is 22.5. The van der Waals surface area contributed by atoms with E-state index in [2.05, 4.69) is 4.99 Å². The van der Waals surface area contributed by atoms with Gasteiger partial charge in [0.25, 0.3) is 0 Å². The first-order chi connectivity index (χ1) is 15.9. The molecule has 0 unspecified atom stereocenters. The molecule has 3 aromatic rings. The highest BCUT2D eigenvalue weighted by Gasteiger charge is 2.26. The van der Waals surface area contributed by atoms with E-state index >= 15 is 0 Å². The maximum atomic E-state index is 14.0. The van der Waals surface area contributed by atoms with E-state index in [9.17, 15) is 13.6 Å². The van der Waals surface area contributed by atoms with Gasteiger partial charge in [0.1, 0.15) is 18.2 Å². The third kappa shape index (κ3) is 5.21. The van der Waals surface area contributed by atoms with Crippen LogP contribution in [0, 0.1) is 11.6 Å². The number of carbonyl (C=O) groups excluding carboxylic acids is 1. The smallest absolute Gasteiger partial charge is 0.363 e. The Labute approximate surface area is 193 Å². The van der Waals surface area contributed by atoms with E-state index in [0.29, 0.717) is 23.7 Å². The Balaban J connectivity index is 1.61. The van der Waals surface area contributed by atoms with E-state index < -0.39 is 11.8 Å². The lowest BCUT2D eigenvalue weighted by Gasteiger charge is -2.14. The molecule has 168 valence electrons. The molecule has 1 heterocycles. The minimum Gasteiger partial charge on any atom is -0.490 e. The van der Waals surface area contributed by atoms with Crippen molar-refractivity contribution >= 4 is 29.5 Å². The number of aliphatic imine (C=N–C) groups is 1. The van der Waals surface area contributed by atoms with Crippen molar-refractivity contribution in [3.05, 3.63) is 99.7 Å².